The number of hydrogen-bond acceptors (Lipinski definition) is 6. The lowest BCUT2D eigenvalue weighted by atomic mass is 9.83. The molecular weight excluding hydrogens is 316 g/mol. The molecule has 0 aliphatic heterocycles. The molecule has 5 nitrogen and oxygen atoms in total. The summed E-state index contributed by atoms with van der Waals surface area (Å²) >= 11 is 1.35. The van der Waals surface area contributed by atoms with Gasteiger partial charge in [0.1, 0.15) is 11.5 Å². The minimum atomic E-state index is -0.876. The summed E-state index contributed by atoms with van der Waals surface area (Å²) in [5.41, 5.74) is 1.64. The topological polar surface area (TPSA) is 98.0 Å². The van der Waals surface area contributed by atoms with Crippen LogP contribution < -0.4 is 0 Å². The Morgan fingerprint density at radius 2 is 1.52 bits per heavy atom. The van der Waals surface area contributed by atoms with Crippen LogP contribution in [0, 0.1) is 0 Å². The molecule has 1 aliphatic carbocycles. The Morgan fingerprint density at radius 1 is 1.00 bits per heavy atom. The maximum absolute atomic E-state index is 12.7. The van der Waals surface area contributed by atoms with Crippen molar-refractivity contribution < 1.29 is 25.2 Å². The molecular formula is C17H16O5S. The Labute approximate surface area is 137 Å². The number of benzene rings is 2. The molecule has 2 aromatic rings. The molecule has 0 radical (unpaired) electrons. The van der Waals surface area contributed by atoms with Crippen molar-refractivity contribution in [2.45, 2.75) is 11.4 Å². The van der Waals surface area contributed by atoms with Crippen molar-refractivity contribution in [1.29, 1.82) is 0 Å². The van der Waals surface area contributed by atoms with Crippen LogP contribution in [0.2, 0.25) is 0 Å². The molecule has 0 aromatic heterocycles. The number of thioether (sulfide) groups is 1. The van der Waals surface area contributed by atoms with Crippen molar-refractivity contribution in [3.8, 4) is 11.5 Å². The van der Waals surface area contributed by atoms with Gasteiger partial charge >= 0.3 is 0 Å². The van der Waals surface area contributed by atoms with E-state index >= 15 is 0 Å². The molecule has 1 atom stereocenters. The number of carbonyl (C=O) groups is 1. The second-order valence-electron chi connectivity index (χ2n) is 5.36. The number of phenolic OH excluding ortho intramolecular Hbond substituents is 2. The summed E-state index contributed by atoms with van der Waals surface area (Å²) in [7, 11) is 0. The Kier molecular flexibility index (Phi) is 4.30. The van der Waals surface area contributed by atoms with Crippen LogP contribution in [0.25, 0.3) is 0 Å². The first kappa shape index (κ1) is 15.9. The van der Waals surface area contributed by atoms with Crippen LogP contribution in [-0.2, 0) is 0 Å². The van der Waals surface area contributed by atoms with Crippen LogP contribution in [0.15, 0.2) is 36.4 Å². The molecule has 0 saturated heterocycles. The number of aliphatic hydroxyl groups is 2. The number of hydrogen-bond donors (Lipinski definition) is 4. The summed E-state index contributed by atoms with van der Waals surface area (Å²) in [6.45, 7) is -0.349. The van der Waals surface area contributed by atoms with Gasteiger partial charge in [-0.15, -0.1) is 11.8 Å². The molecule has 0 spiro atoms. The van der Waals surface area contributed by atoms with E-state index in [0.29, 0.717) is 11.1 Å². The average molecular weight is 332 g/mol. The van der Waals surface area contributed by atoms with E-state index < -0.39 is 11.9 Å². The zero-order valence-corrected chi connectivity index (χ0v) is 13.0. The summed E-state index contributed by atoms with van der Waals surface area (Å²) in [6, 6.07) is 9.69. The van der Waals surface area contributed by atoms with Gasteiger partial charge in [-0.2, -0.15) is 0 Å². The van der Waals surface area contributed by atoms with E-state index in [9.17, 15) is 20.1 Å². The Balaban J connectivity index is 2.13. The lowest BCUT2D eigenvalue weighted by Crippen LogP contribution is -2.21. The molecule has 4 N–H and O–H groups in total. The third kappa shape index (κ3) is 2.69. The first-order chi connectivity index (χ1) is 11.0. The van der Waals surface area contributed by atoms with Gasteiger partial charge < -0.3 is 20.4 Å². The molecule has 120 valence electrons. The molecule has 0 fully saturated rings. The fraction of sp³-hybridized carbons (Fsp3) is 0.235. The van der Waals surface area contributed by atoms with Crippen LogP contribution in [0.1, 0.15) is 32.3 Å². The third-order valence-corrected chi connectivity index (χ3v) is 5.25. The van der Waals surface area contributed by atoms with Crippen LogP contribution in [-0.4, -0.2) is 44.7 Å². The number of ketones is 1. The Hall–Kier alpha value is -2.02. The number of aromatic hydroxyl groups is 2. The third-order valence-electron chi connectivity index (χ3n) is 3.83. The fourth-order valence-electron chi connectivity index (χ4n) is 2.78. The number of fused-ring (bicyclic) bond motifs is 2. The van der Waals surface area contributed by atoms with Crippen molar-refractivity contribution in [3.63, 3.8) is 0 Å². The lowest BCUT2D eigenvalue weighted by Gasteiger charge is -2.28. The second kappa shape index (κ2) is 6.23. The van der Waals surface area contributed by atoms with Crippen LogP contribution in [0.3, 0.4) is 0 Å². The fourth-order valence-corrected chi connectivity index (χ4v) is 4.05. The van der Waals surface area contributed by atoms with Crippen molar-refractivity contribution in [1.82, 2.24) is 0 Å². The second-order valence-corrected chi connectivity index (χ2v) is 6.50. The number of rotatable bonds is 4. The summed E-state index contributed by atoms with van der Waals surface area (Å²) in [5, 5.41) is 38.4. The Morgan fingerprint density at radius 3 is 2.00 bits per heavy atom. The van der Waals surface area contributed by atoms with Gasteiger partial charge in [-0.1, -0.05) is 24.3 Å². The van der Waals surface area contributed by atoms with E-state index in [1.54, 1.807) is 24.3 Å². The smallest absolute Gasteiger partial charge is 0.201 e. The molecule has 0 unspecified atom stereocenters. The summed E-state index contributed by atoms with van der Waals surface area (Å²) in [4.78, 5) is 12.7. The van der Waals surface area contributed by atoms with Crippen molar-refractivity contribution in [2.24, 2.45) is 0 Å². The first-order valence-corrected chi connectivity index (χ1v) is 8.18. The SMILES string of the molecule is O=C1c2c(O)cccc2C(SC[C@H](O)CO)c2cccc(O)c21. The lowest BCUT2D eigenvalue weighted by molar-refractivity contribution is 0.102. The molecule has 0 heterocycles. The minimum Gasteiger partial charge on any atom is -0.507 e. The quantitative estimate of drug-likeness (QED) is 0.682. The predicted octanol–water partition coefficient (Wildman–Crippen LogP) is 1.82. The number of phenols is 2. The van der Waals surface area contributed by atoms with E-state index in [0.717, 1.165) is 0 Å². The van der Waals surface area contributed by atoms with Crippen molar-refractivity contribution in [2.75, 3.05) is 12.4 Å². The monoisotopic (exact) mass is 332 g/mol. The molecule has 23 heavy (non-hydrogen) atoms. The van der Waals surface area contributed by atoms with Crippen LogP contribution >= 0.6 is 11.8 Å². The Bertz CT molecular complexity index is 703. The normalized spacial score (nSPS) is 15.1. The molecule has 0 bridgehead atoms. The molecule has 0 amide bonds. The van der Waals surface area contributed by atoms with Crippen molar-refractivity contribution >= 4 is 17.5 Å². The summed E-state index contributed by atoms with van der Waals surface area (Å²) < 4.78 is 0. The highest BCUT2D eigenvalue weighted by Crippen LogP contribution is 2.47. The predicted molar refractivity (Wildman–Crippen MR) is 87.0 cm³/mol. The summed E-state index contributed by atoms with van der Waals surface area (Å²) in [6.07, 6.45) is -0.876. The van der Waals surface area contributed by atoms with Crippen LogP contribution in [0.4, 0.5) is 0 Å². The summed E-state index contributed by atoms with van der Waals surface area (Å²) in [5.74, 6) is -0.408. The molecule has 6 heteroatoms. The van der Waals surface area contributed by atoms with Gasteiger partial charge in [0.2, 0.25) is 5.78 Å². The molecule has 0 saturated carbocycles. The van der Waals surface area contributed by atoms with Gasteiger partial charge in [-0.05, 0) is 23.3 Å². The van der Waals surface area contributed by atoms with Gasteiger partial charge in [0.05, 0.1) is 29.1 Å². The van der Waals surface area contributed by atoms with Crippen LogP contribution in [0.5, 0.6) is 11.5 Å². The van der Waals surface area contributed by atoms with Crippen molar-refractivity contribution in [3.05, 3.63) is 58.7 Å². The highest BCUT2D eigenvalue weighted by atomic mass is 32.2. The zero-order valence-electron chi connectivity index (χ0n) is 12.1. The highest BCUT2D eigenvalue weighted by Gasteiger charge is 2.35. The molecule has 3 rings (SSSR count). The van der Waals surface area contributed by atoms with Gasteiger partial charge in [0, 0.05) is 5.75 Å². The zero-order chi connectivity index (χ0) is 16.6. The van der Waals surface area contributed by atoms with Gasteiger partial charge in [0.15, 0.2) is 0 Å². The molecule has 1 aliphatic rings. The van der Waals surface area contributed by atoms with Gasteiger partial charge in [0.25, 0.3) is 0 Å². The average Bonchev–Trinajstić information content (AvgIpc) is 2.54. The van der Waals surface area contributed by atoms with E-state index in [2.05, 4.69) is 0 Å². The minimum absolute atomic E-state index is 0.130. The molecule has 2 aromatic carbocycles. The van der Waals surface area contributed by atoms with E-state index in [-0.39, 0.29) is 40.2 Å². The van der Waals surface area contributed by atoms with E-state index in [1.165, 1.54) is 23.9 Å². The number of carbonyl (C=O) groups excluding carboxylic acids is 1. The highest BCUT2D eigenvalue weighted by molar-refractivity contribution is 7.99. The van der Waals surface area contributed by atoms with E-state index in [4.69, 9.17) is 5.11 Å². The standard InChI is InChI=1S/C17H16O5S/c18-7-9(19)8-23-17-10-3-1-5-12(20)14(10)16(22)15-11(17)4-2-6-13(15)21/h1-6,9,17-21H,7-8H2/t9-/m1/s1. The first-order valence-electron chi connectivity index (χ1n) is 7.13. The maximum Gasteiger partial charge on any atom is 0.201 e. The maximum atomic E-state index is 12.7. The van der Waals surface area contributed by atoms with Gasteiger partial charge in [-0.3, -0.25) is 4.79 Å². The number of aliphatic hydroxyl groups excluding tert-OH is 2. The van der Waals surface area contributed by atoms with Gasteiger partial charge in [-0.25, -0.2) is 0 Å². The largest absolute Gasteiger partial charge is 0.507 e. The van der Waals surface area contributed by atoms with E-state index in [1.807, 2.05) is 0 Å².